The zero-order valence-electron chi connectivity index (χ0n) is 9.44. The Kier molecular flexibility index (Phi) is 6.01. The molecule has 0 aliphatic heterocycles. The second-order valence-corrected chi connectivity index (χ2v) is 5.61. The van der Waals surface area contributed by atoms with Crippen LogP contribution in [-0.4, -0.2) is 21.5 Å². The molecule has 0 amide bonds. The molecule has 0 fully saturated rings. The van der Waals surface area contributed by atoms with E-state index in [0.717, 1.165) is 28.6 Å². The van der Waals surface area contributed by atoms with Crippen LogP contribution in [-0.2, 0) is 11.4 Å². The summed E-state index contributed by atoms with van der Waals surface area (Å²) in [5.41, 5.74) is 1.80. The molecule has 0 N–H and O–H groups in total. The van der Waals surface area contributed by atoms with Gasteiger partial charge in [0, 0.05) is 10.7 Å². The molecule has 1 atom stereocenters. The van der Waals surface area contributed by atoms with Crippen molar-refractivity contribution in [2.24, 2.45) is 4.40 Å². The summed E-state index contributed by atoms with van der Waals surface area (Å²) < 4.78 is 16.3. The Morgan fingerprint density at radius 2 is 2.38 bits per heavy atom. The molecule has 1 rings (SSSR count). The van der Waals surface area contributed by atoms with Gasteiger partial charge in [0.1, 0.15) is 12.0 Å². The Bertz CT molecular complexity index is 371. The van der Waals surface area contributed by atoms with E-state index in [2.05, 4.69) is 32.2 Å². The van der Waals surface area contributed by atoms with E-state index in [-0.39, 0.29) is 0 Å². The third kappa shape index (κ3) is 4.63. The molecule has 0 saturated carbocycles. The van der Waals surface area contributed by atoms with Crippen LogP contribution in [0.5, 0.6) is 0 Å². The lowest BCUT2D eigenvalue weighted by molar-refractivity contribution is 0.594. The molecule has 0 bridgehead atoms. The van der Waals surface area contributed by atoms with E-state index in [9.17, 15) is 4.55 Å². The number of halogens is 1. The largest absolute Gasteiger partial charge is 0.591 e. The summed E-state index contributed by atoms with van der Waals surface area (Å²) in [7, 11) is 0. The van der Waals surface area contributed by atoms with Crippen LogP contribution in [0.15, 0.2) is 21.1 Å². The van der Waals surface area contributed by atoms with Crippen molar-refractivity contribution in [3.63, 3.8) is 0 Å². The fourth-order valence-corrected chi connectivity index (χ4v) is 2.49. The summed E-state index contributed by atoms with van der Waals surface area (Å²) in [4.78, 5) is 4.20. The molecule has 0 aliphatic carbocycles. The van der Waals surface area contributed by atoms with Crippen LogP contribution in [0.25, 0.3) is 0 Å². The first kappa shape index (κ1) is 13.7. The van der Waals surface area contributed by atoms with Gasteiger partial charge >= 0.3 is 0 Å². The molecular weight excluding hydrogens is 288 g/mol. The number of hydrogen-bond donors (Lipinski definition) is 0. The zero-order valence-corrected chi connectivity index (χ0v) is 11.8. The van der Waals surface area contributed by atoms with Gasteiger partial charge in [-0.15, -0.1) is 0 Å². The molecule has 0 saturated heterocycles. The monoisotopic (exact) mass is 302 g/mol. The van der Waals surface area contributed by atoms with Crippen LogP contribution in [0.3, 0.4) is 0 Å². The lowest BCUT2D eigenvalue weighted by Gasteiger charge is -2.02. The zero-order chi connectivity index (χ0) is 12.0. The van der Waals surface area contributed by atoms with Crippen molar-refractivity contribution in [1.29, 1.82) is 0 Å². The number of rotatable bonds is 5. The first-order chi connectivity index (χ1) is 7.63. The molecular formula is C11H15BrN2OS. The summed E-state index contributed by atoms with van der Waals surface area (Å²) in [6.07, 6.45) is 5.30. The summed E-state index contributed by atoms with van der Waals surface area (Å²) in [5, 5.41) is 0. The maximum Gasteiger partial charge on any atom is 0.133 e. The molecule has 0 aliphatic rings. The standard InChI is InChI=1S/C11H15BrN2OS/c1-3-4-5-16(15)14-8-11-10(12)6-9(2)7-13-11/h6-8H,3-5H2,1-2H3. The van der Waals surface area contributed by atoms with E-state index >= 15 is 0 Å². The summed E-state index contributed by atoms with van der Waals surface area (Å²) in [5.74, 6) is 0.622. The maximum atomic E-state index is 11.4. The van der Waals surface area contributed by atoms with Gasteiger partial charge in [0.15, 0.2) is 0 Å². The predicted molar refractivity (Wildman–Crippen MR) is 72.2 cm³/mol. The average molecular weight is 303 g/mol. The summed E-state index contributed by atoms with van der Waals surface area (Å²) >= 11 is 2.27. The van der Waals surface area contributed by atoms with Crippen LogP contribution >= 0.6 is 15.9 Å². The Labute approximate surface area is 108 Å². The predicted octanol–water partition coefficient (Wildman–Crippen LogP) is 3.04. The van der Waals surface area contributed by atoms with Crippen LogP contribution < -0.4 is 0 Å². The highest BCUT2D eigenvalue weighted by atomic mass is 79.9. The Balaban J connectivity index is 2.61. The van der Waals surface area contributed by atoms with Gasteiger partial charge in [0.25, 0.3) is 0 Å². The Hall–Kier alpha value is -0.390. The number of aromatic nitrogens is 1. The van der Waals surface area contributed by atoms with E-state index < -0.39 is 11.4 Å². The van der Waals surface area contributed by atoms with Crippen molar-refractivity contribution in [2.45, 2.75) is 26.7 Å². The second kappa shape index (κ2) is 7.04. The van der Waals surface area contributed by atoms with E-state index in [1.54, 1.807) is 12.4 Å². The first-order valence-corrected chi connectivity index (χ1v) is 7.25. The van der Waals surface area contributed by atoms with Gasteiger partial charge in [-0.05, 0) is 40.9 Å². The highest BCUT2D eigenvalue weighted by molar-refractivity contribution is 9.10. The van der Waals surface area contributed by atoms with E-state index in [1.165, 1.54) is 0 Å². The molecule has 16 heavy (non-hydrogen) atoms. The van der Waals surface area contributed by atoms with E-state index in [0.29, 0.717) is 5.75 Å². The Morgan fingerprint density at radius 1 is 1.62 bits per heavy atom. The minimum Gasteiger partial charge on any atom is -0.591 e. The number of nitrogens with zero attached hydrogens (tertiary/aromatic N) is 2. The van der Waals surface area contributed by atoms with Gasteiger partial charge in [0.2, 0.25) is 0 Å². The summed E-state index contributed by atoms with van der Waals surface area (Å²) in [6.45, 7) is 4.04. The highest BCUT2D eigenvalue weighted by Crippen LogP contribution is 2.14. The van der Waals surface area contributed by atoms with E-state index in [1.807, 2.05) is 13.0 Å². The summed E-state index contributed by atoms with van der Waals surface area (Å²) in [6, 6.07) is 1.96. The minimum atomic E-state index is -1.13. The molecule has 1 aromatic rings. The van der Waals surface area contributed by atoms with Gasteiger partial charge < -0.3 is 4.55 Å². The molecule has 5 heteroatoms. The minimum absolute atomic E-state index is 0.622. The van der Waals surface area contributed by atoms with Gasteiger partial charge in [-0.2, -0.15) is 0 Å². The lowest BCUT2D eigenvalue weighted by Crippen LogP contribution is -2.03. The van der Waals surface area contributed by atoms with Gasteiger partial charge in [0.05, 0.1) is 17.1 Å². The average Bonchev–Trinajstić information content (AvgIpc) is 2.25. The molecule has 1 heterocycles. The number of pyridine rings is 1. The van der Waals surface area contributed by atoms with Crippen molar-refractivity contribution in [3.05, 3.63) is 28.0 Å². The molecule has 0 radical (unpaired) electrons. The molecule has 0 spiro atoms. The fourth-order valence-electron chi connectivity index (χ4n) is 1.07. The highest BCUT2D eigenvalue weighted by Gasteiger charge is 2.04. The molecule has 88 valence electrons. The topological polar surface area (TPSA) is 48.3 Å². The molecule has 1 aromatic heterocycles. The van der Waals surface area contributed by atoms with Gasteiger partial charge in [-0.3, -0.25) is 4.98 Å². The van der Waals surface area contributed by atoms with Crippen LogP contribution in [0.1, 0.15) is 31.0 Å². The van der Waals surface area contributed by atoms with Crippen molar-refractivity contribution >= 4 is 33.5 Å². The number of unbranched alkanes of at least 4 members (excludes halogenated alkanes) is 1. The first-order valence-electron chi connectivity index (χ1n) is 5.18. The number of hydrogen-bond acceptors (Lipinski definition) is 3. The van der Waals surface area contributed by atoms with Crippen molar-refractivity contribution in [3.8, 4) is 0 Å². The molecule has 3 nitrogen and oxygen atoms in total. The Morgan fingerprint density at radius 3 is 3.00 bits per heavy atom. The third-order valence-corrected chi connectivity index (χ3v) is 3.59. The van der Waals surface area contributed by atoms with Crippen molar-refractivity contribution in [2.75, 3.05) is 5.75 Å². The lowest BCUT2D eigenvalue weighted by atomic mass is 10.3. The molecule has 1 unspecified atom stereocenters. The smallest absolute Gasteiger partial charge is 0.133 e. The SMILES string of the molecule is CCCC[S+]([O-])N=Cc1ncc(C)cc1Br. The third-order valence-electron chi connectivity index (χ3n) is 1.97. The maximum absolute atomic E-state index is 11.4. The van der Waals surface area contributed by atoms with Gasteiger partial charge in [-0.1, -0.05) is 17.7 Å². The van der Waals surface area contributed by atoms with Crippen LogP contribution in [0.4, 0.5) is 0 Å². The van der Waals surface area contributed by atoms with Crippen LogP contribution in [0.2, 0.25) is 0 Å². The second-order valence-electron chi connectivity index (χ2n) is 3.49. The number of aryl methyl sites for hydroxylation is 1. The van der Waals surface area contributed by atoms with Crippen molar-refractivity contribution in [1.82, 2.24) is 4.98 Å². The van der Waals surface area contributed by atoms with Gasteiger partial charge in [-0.25, -0.2) is 0 Å². The fraction of sp³-hybridized carbons (Fsp3) is 0.455. The van der Waals surface area contributed by atoms with Crippen molar-refractivity contribution < 1.29 is 4.55 Å². The van der Waals surface area contributed by atoms with Crippen LogP contribution in [0, 0.1) is 6.92 Å². The molecule has 0 aromatic carbocycles. The quantitative estimate of drug-likeness (QED) is 0.620. The normalized spacial score (nSPS) is 13.2. The van der Waals surface area contributed by atoms with E-state index in [4.69, 9.17) is 0 Å².